The minimum Gasteiger partial charge on any atom is -0.395 e. The Balaban J connectivity index is 2.64. The predicted octanol–water partition coefficient (Wildman–Crippen LogP) is -0.175. The molecule has 0 aliphatic carbocycles. The maximum absolute atomic E-state index is 8.87. The van der Waals surface area contributed by atoms with Gasteiger partial charge in [0.25, 0.3) is 0 Å². The summed E-state index contributed by atoms with van der Waals surface area (Å²) in [6, 6.07) is -0.319. The highest BCUT2D eigenvalue weighted by Crippen LogP contribution is 2.18. The van der Waals surface area contributed by atoms with Gasteiger partial charge in [-0.05, 0) is 6.92 Å². The third kappa shape index (κ3) is 2.92. The summed E-state index contributed by atoms with van der Waals surface area (Å²) in [4.78, 5) is 0. The third-order valence-corrected chi connectivity index (χ3v) is 2.75. The van der Waals surface area contributed by atoms with E-state index in [-0.39, 0.29) is 19.3 Å². The van der Waals surface area contributed by atoms with Gasteiger partial charge in [0.2, 0.25) is 0 Å². The lowest BCUT2D eigenvalue weighted by atomic mass is 10.2. The molecule has 0 saturated carbocycles. The molecule has 1 rings (SSSR count). The van der Waals surface area contributed by atoms with Gasteiger partial charge in [-0.2, -0.15) is 5.10 Å². The van der Waals surface area contributed by atoms with Crippen LogP contribution in [-0.2, 0) is 13.6 Å². The largest absolute Gasteiger partial charge is 0.395 e. The number of aliphatic hydroxyl groups is 2. The zero-order valence-electron chi connectivity index (χ0n) is 8.87. The number of nitrogens with one attached hydrogen (secondary N) is 1. The van der Waals surface area contributed by atoms with Crippen molar-refractivity contribution < 1.29 is 10.2 Å². The molecule has 5 nitrogen and oxygen atoms in total. The highest BCUT2D eigenvalue weighted by molar-refractivity contribution is 6.30. The second-order valence-electron chi connectivity index (χ2n) is 3.42. The highest BCUT2D eigenvalue weighted by atomic mass is 35.5. The Bertz CT molecular complexity index is 323. The Morgan fingerprint density at radius 1 is 1.47 bits per heavy atom. The minimum atomic E-state index is -0.319. The highest BCUT2D eigenvalue weighted by Gasteiger charge is 2.12. The fourth-order valence-electron chi connectivity index (χ4n) is 1.31. The third-order valence-electron chi connectivity index (χ3n) is 2.28. The van der Waals surface area contributed by atoms with Gasteiger partial charge in [0.1, 0.15) is 5.15 Å². The van der Waals surface area contributed by atoms with Crippen molar-refractivity contribution in [3.05, 3.63) is 16.4 Å². The molecule has 0 aromatic carbocycles. The van der Waals surface area contributed by atoms with Crippen LogP contribution in [-0.4, -0.2) is 39.2 Å². The maximum atomic E-state index is 8.87. The molecule has 1 heterocycles. The molecule has 0 atom stereocenters. The molecule has 1 aromatic rings. The fourth-order valence-corrected chi connectivity index (χ4v) is 1.55. The second kappa shape index (κ2) is 5.46. The monoisotopic (exact) mass is 233 g/mol. The Morgan fingerprint density at radius 3 is 2.47 bits per heavy atom. The van der Waals surface area contributed by atoms with Crippen LogP contribution in [0.5, 0.6) is 0 Å². The summed E-state index contributed by atoms with van der Waals surface area (Å²) in [5.74, 6) is 0. The van der Waals surface area contributed by atoms with E-state index in [4.69, 9.17) is 21.8 Å². The van der Waals surface area contributed by atoms with E-state index < -0.39 is 0 Å². The fraction of sp³-hybridized carbons (Fsp3) is 0.667. The zero-order chi connectivity index (χ0) is 11.4. The Labute approximate surface area is 93.7 Å². The standard InChI is InChI=1S/C9H16ClN3O2/c1-6-8(9(10)13(2)12-6)3-11-7(4-14)5-15/h7,11,14-15H,3-5H2,1-2H3. The average Bonchev–Trinajstić information content (AvgIpc) is 2.45. The van der Waals surface area contributed by atoms with Crippen LogP contribution in [0.3, 0.4) is 0 Å². The number of aromatic nitrogens is 2. The van der Waals surface area contributed by atoms with Crippen molar-refractivity contribution in [3.63, 3.8) is 0 Å². The Hall–Kier alpha value is -0.620. The van der Waals surface area contributed by atoms with E-state index in [1.54, 1.807) is 11.7 Å². The van der Waals surface area contributed by atoms with Crippen molar-refractivity contribution in [1.29, 1.82) is 0 Å². The quantitative estimate of drug-likeness (QED) is 0.660. The number of halogens is 1. The minimum absolute atomic E-state index is 0.104. The number of rotatable bonds is 5. The van der Waals surface area contributed by atoms with Crippen molar-refractivity contribution in [2.45, 2.75) is 19.5 Å². The van der Waals surface area contributed by atoms with E-state index in [0.29, 0.717) is 11.7 Å². The molecule has 6 heteroatoms. The average molecular weight is 234 g/mol. The van der Waals surface area contributed by atoms with Crippen molar-refractivity contribution in [2.75, 3.05) is 13.2 Å². The molecule has 1 aromatic heterocycles. The molecule has 0 bridgehead atoms. The van der Waals surface area contributed by atoms with Crippen LogP contribution in [0.25, 0.3) is 0 Å². The van der Waals surface area contributed by atoms with E-state index in [9.17, 15) is 0 Å². The zero-order valence-corrected chi connectivity index (χ0v) is 9.62. The normalized spacial score (nSPS) is 11.3. The summed E-state index contributed by atoms with van der Waals surface area (Å²) in [5.41, 5.74) is 1.75. The molecule has 15 heavy (non-hydrogen) atoms. The molecular weight excluding hydrogens is 218 g/mol. The molecule has 0 saturated heterocycles. The van der Waals surface area contributed by atoms with Gasteiger partial charge in [-0.3, -0.25) is 4.68 Å². The summed E-state index contributed by atoms with van der Waals surface area (Å²) >= 11 is 6.02. The van der Waals surface area contributed by atoms with Crippen molar-refractivity contribution in [1.82, 2.24) is 15.1 Å². The summed E-state index contributed by atoms with van der Waals surface area (Å²) < 4.78 is 1.60. The van der Waals surface area contributed by atoms with E-state index >= 15 is 0 Å². The molecule has 0 aliphatic rings. The van der Waals surface area contributed by atoms with Crippen LogP contribution in [0.15, 0.2) is 0 Å². The van der Waals surface area contributed by atoms with Gasteiger partial charge in [-0.1, -0.05) is 11.6 Å². The number of hydrogen-bond donors (Lipinski definition) is 3. The maximum Gasteiger partial charge on any atom is 0.131 e. The molecule has 0 aliphatic heterocycles. The lowest BCUT2D eigenvalue weighted by Gasteiger charge is -2.12. The SMILES string of the molecule is Cc1nn(C)c(Cl)c1CNC(CO)CO. The summed E-state index contributed by atoms with van der Waals surface area (Å²) in [5, 5.41) is 25.5. The van der Waals surface area contributed by atoms with E-state index in [1.165, 1.54) is 0 Å². The second-order valence-corrected chi connectivity index (χ2v) is 3.78. The van der Waals surface area contributed by atoms with Gasteiger partial charge in [0, 0.05) is 19.2 Å². The lowest BCUT2D eigenvalue weighted by Crippen LogP contribution is -2.35. The van der Waals surface area contributed by atoms with Gasteiger partial charge in [0.05, 0.1) is 24.9 Å². The molecule has 86 valence electrons. The first-order valence-electron chi connectivity index (χ1n) is 4.73. The summed E-state index contributed by atoms with van der Waals surface area (Å²) in [6.07, 6.45) is 0. The molecule has 0 fully saturated rings. The van der Waals surface area contributed by atoms with Gasteiger partial charge in [-0.15, -0.1) is 0 Å². The van der Waals surface area contributed by atoms with Gasteiger partial charge >= 0.3 is 0 Å². The van der Waals surface area contributed by atoms with Crippen LogP contribution in [0, 0.1) is 6.92 Å². The molecule has 0 radical (unpaired) electrons. The van der Waals surface area contributed by atoms with Gasteiger partial charge in [-0.25, -0.2) is 0 Å². The molecular formula is C9H16ClN3O2. The van der Waals surface area contributed by atoms with Crippen molar-refractivity contribution in [3.8, 4) is 0 Å². The van der Waals surface area contributed by atoms with Crippen molar-refractivity contribution >= 4 is 11.6 Å². The van der Waals surface area contributed by atoms with E-state index in [1.807, 2.05) is 6.92 Å². The molecule has 0 unspecified atom stereocenters. The first-order valence-corrected chi connectivity index (χ1v) is 5.11. The van der Waals surface area contributed by atoms with Crippen LogP contribution >= 0.6 is 11.6 Å². The molecule has 0 amide bonds. The number of aliphatic hydroxyl groups excluding tert-OH is 2. The summed E-state index contributed by atoms with van der Waals surface area (Å²) in [7, 11) is 1.77. The Morgan fingerprint density at radius 2 is 2.07 bits per heavy atom. The van der Waals surface area contributed by atoms with Gasteiger partial charge in [0.15, 0.2) is 0 Å². The van der Waals surface area contributed by atoms with Gasteiger partial charge < -0.3 is 15.5 Å². The van der Waals surface area contributed by atoms with Crippen LogP contribution in [0.4, 0.5) is 0 Å². The smallest absolute Gasteiger partial charge is 0.131 e. The molecule has 0 spiro atoms. The van der Waals surface area contributed by atoms with Crippen molar-refractivity contribution in [2.24, 2.45) is 7.05 Å². The number of hydrogen-bond acceptors (Lipinski definition) is 4. The lowest BCUT2D eigenvalue weighted by molar-refractivity contribution is 0.170. The van der Waals surface area contributed by atoms with Crippen LogP contribution < -0.4 is 5.32 Å². The summed E-state index contributed by atoms with van der Waals surface area (Å²) in [6.45, 7) is 2.15. The topological polar surface area (TPSA) is 70.3 Å². The molecule has 3 N–H and O–H groups in total. The van der Waals surface area contributed by atoms with Crippen LogP contribution in [0.2, 0.25) is 5.15 Å². The van der Waals surface area contributed by atoms with E-state index in [0.717, 1.165) is 11.3 Å². The number of nitrogens with zero attached hydrogens (tertiary/aromatic N) is 2. The van der Waals surface area contributed by atoms with Crippen LogP contribution in [0.1, 0.15) is 11.3 Å². The first-order chi connectivity index (χ1) is 7.10. The van der Waals surface area contributed by atoms with E-state index in [2.05, 4.69) is 10.4 Å². The predicted molar refractivity (Wildman–Crippen MR) is 57.8 cm³/mol. The number of aryl methyl sites for hydroxylation is 2. The first kappa shape index (κ1) is 12.4. The Kier molecular flexibility index (Phi) is 4.53.